The average Bonchev–Trinajstić information content (AvgIpc) is 3.18. The van der Waals surface area contributed by atoms with Gasteiger partial charge in [-0.3, -0.25) is 14.4 Å². The fourth-order valence-electron chi connectivity index (χ4n) is 3.40. The van der Waals surface area contributed by atoms with E-state index in [1.165, 1.54) is 30.2 Å². The lowest BCUT2D eigenvalue weighted by Crippen LogP contribution is -2.34. The molecule has 0 atom stereocenters. The van der Waals surface area contributed by atoms with Crippen molar-refractivity contribution in [2.45, 2.75) is 0 Å². The van der Waals surface area contributed by atoms with E-state index in [-0.39, 0.29) is 31.4 Å². The highest BCUT2D eigenvalue weighted by atomic mass is 35.5. The molecule has 0 unspecified atom stereocenters. The number of carbonyl (C=O) groups excluding carboxylic acids is 2. The van der Waals surface area contributed by atoms with Crippen molar-refractivity contribution in [1.29, 1.82) is 0 Å². The third-order valence-electron chi connectivity index (χ3n) is 4.96. The highest BCUT2D eigenvalue weighted by molar-refractivity contribution is 7.18. The first kappa shape index (κ1) is 21.5. The second-order valence-electron chi connectivity index (χ2n) is 6.76. The largest absolute Gasteiger partial charge is 0.495 e. The van der Waals surface area contributed by atoms with Crippen LogP contribution in [0, 0.1) is 0 Å². The molecule has 8 nitrogen and oxygen atoms in total. The number of ether oxygens (including phenoxy) is 1. The smallest absolute Gasteiger partial charge is 0.333 e. The monoisotopic (exact) mass is 469 g/mol. The van der Waals surface area contributed by atoms with Crippen LogP contribution in [0.4, 0.5) is 5.69 Å². The summed E-state index contributed by atoms with van der Waals surface area (Å²) in [7, 11) is 3.09. The Morgan fingerprint density at radius 3 is 2.66 bits per heavy atom. The molecular weight excluding hydrogens is 454 g/mol. The number of aromatic amines is 1. The molecule has 4 rings (SSSR count). The molecule has 2 heterocycles. The zero-order chi connectivity index (χ0) is 23.0. The van der Waals surface area contributed by atoms with Crippen molar-refractivity contribution in [3.8, 4) is 11.4 Å². The van der Waals surface area contributed by atoms with Crippen molar-refractivity contribution < 1.29 is 14.3 Å². The third kappa shape index (κ3) is 3.51. The summed E-state index contributed by atoms with van der Waals surface area (Å²) >= 11 is 7.28. The summed E-state index contributed by atoms with van der Waals surface area (Å²) < 4.78 is 6.22. The number of anilines is 1. The summed E-state index contributed by atoms with van der Waals surface area (Å²) in [6, 6.07) is 13.0. The van der Waals surface area contributed by atoms with E-state index in [1.807, 2.05) is 0 Å². The number of aldehydes is 1. The minimum Gasteiger partial charge on any atom is -0.495 e. The second-order valence-corrected chi connectivity index (χ2v) is 8.42. The van der Waals surface area contributed by atoms with E-state index in [4.69, 9.17) is 16.3 Å². The molecule has 0 bridgehead atoms. The number of nitrogens with zero attached hydrogens (tertiary/aromatic N) is 2. The number of hydrogen-bond donors (Lipinski definition) is 1. The summed E-state index contributed by atoms with van der Waals surface area (Å²) in [6.45, 7) is 0. The third-order valence-corrected chi connectivity index (χ3v) is 6.28. The van der Waals surface area contributed by atoms with Gasteiger partial charge in [-0.1, -0.05) is 35.9 Å². The van der Waals surface area contributed by atoms with E-state index in [0.29, 0.717) is 17.7 Å². The van der Waals surface area contributed by atoms with E-state index in [2.05, 4.69) is 4.98 Å². The number of rotatable bonds is 5. The van der Waals surface area contributed by atoms with Gasteiger partial charge in [0.25, 0.3) is 11.5 Å². The maximum Gasteiger partial charge on any atom is 0.333 e. The fraction of sp³-hybridized carbons (Fsp3) is 0.0909. The fourth-order valence-corrected chi connectivity index (χ4v) is 4.63. The van der Waals surface area contributed by atoms with Gasteiger partial charge in [0.05, 0.1) is 34.3 Å². The molecule has 2 aromatic carbocycles. The van der Waals surface area contributed by atoms with Crippen LogP contribution in [0.1, 0.15) is 20.0 Å². The normalized spacial score (nSPS) is 10.8. The van der Waals surface area contributed by atoms with Crippen LogP contribution in [-0.2, 0) is 0 Å². The Morgan fingerprint density at radius 2 is 1.94 bits per heavy atom. The molecule has 32 heavy (non-hydrogen) atoms. The zero-order valence-corrected chi connectivity index (χ0v) is 18.5. The van der Waals surface area contributed by atoms with Gasteiger partial charge in [0.2, 0.25) is 0 Å². The maximum absolute atomic E-state index is 13.1. The quantitative estimate of drug-likeness (QED) is 0.451. The molecule has 10 heteroatoms. The molecule has 0 saturated heterocycles. The van der Waals surface area contributed by atoms with Crippen LogP contribution in [0.2, 0.25) is 4.34 Å². The maximum atomic E-state index is 13.1. The number of nitrogens with one attached hydrogen (secondary N) is 1. The van der Waals surface area contributed by atoms with Gasteiger partial charge >= 0.3 is 5.69 Å². The topological polar surface area (TPSA) is 101 Å². The summed E-state index contributed by atoms with van der Waals surface area (Å²) in [5, 5.41) is 0.0587. The van der Waals surface area contributed by atoms with E-state index in [9.17, 15) is 19.2 Å². The standard InChI is InChI=1S/C22H16ClN3O5S/c1-25(14-8-3-4-9-16(14)31-2)20(28)17-10-15(19(23)32-17)26-21(29)18-12(11-27)6-5-7-13(18)24-22(26)30/h3-11H,1-2H3,(H,24,30). The number of methoxy groups -OCH3 is 1. The lowest BCUT2D eigenvalue weighted by Gasteiger charge is -2.19. The molecular formula is C22H16ClN3O5S. The molecule has 0 saturated carbocycles. The van der Waals surface area contributed by atoms with Gasteiger partial charge in [-0.25, -0.2) is 9.36 Å². The zero-order valence-electron chi connectivity index (χ0n) is 16.9. The predicted molar refractivity (Wildman–Crippen MR) is 124 cm³/mol. The first-order chi connectivity index (χ1) is 15.4. The minimum absolute atomic E-state index is 0.0577. The highest BCUT2D eigenvalue weighted by Crippen LogP contribution is 2.33. The molecule has 0 aliphatic carbocycles. The predicted octanol–water partition coefficient (Wildman–Crippen LogP) is 3.49. The number of aromatic nitrogens is 2. The molecule has 1 N–H and O–H groups in total. The van der Waals surface area contributed by atoms with Crippen LogP contribution in [-0.4, -0.2) is 35.9 Å². The Hall–Kier alpha value is -3.69. The molecule has 0 aliphatic rings. The van der Waals surface area contributed by atoms with E-state index < -0.39 is 17.2 Å². The Labute approximate surface area is 190 Å². The van der Waals surface area contributed by atoms with Crippen LogP contribution >= 0.6 is 22.9 Å². The summed E-state index contributed by atoms with van der Waals surface area (Å²) in [6.07, 6.45) is 0.540. The average molecular weight is 470 g/mol. The molecule has 0 spiro atoms. The van der Waals surface area contributed by atoms with Crippen molar-refractivity contribution in [2.24, 2.45) is 0 Å². The number of hydrogen-bond acceptors (Lipinski definition) is 6. The molecule has 0 radical (unpaired) electrons. The number of para-hydroxylation sites is 2. The van der Waals surface area contributed by atoms with Crippen LogP contribution in [0.25, 0.3) is 16.6 Å². The van der Waals surface area contributed by atoms with Crippen LogP contribution in [0.3, 0.4) is 0 Å². The summed E-state index contributed by atoms with van der Waals surface area (Å²) in [4.78, 5) is 54.5. The Balaban J connectivity index is 1.84. The van der Waals surface area contributed by atoms with Crippen molar-refractivity contribution in [3.05, 3.63) is 84.1 Å². The molecule has 2 aromatic heterocycles. The Morgan fingerprint density at radius 1 is 1.19 bits per heavy atom. The lowest BCUT2D eigenvalue weighted by molar-refractivity contribution is 0.0995. The van der Waals surface area contributed by atoms with Crippen molar-refractivity contribution >= 4 is 51.7 Å². The first-order valence-corrected chi connectivity index (χ1v) is 10.5. The molecule has 4 aromatic rings. The van der Waals surface area contributed by atoms with E-state index in [0.717, 1.165) is 15.9 Å². The van der Waals surface area contributed by atoms with Gasteiger partial charge in [0.15, 0.2) is 6.29 Å². The lowest BCUT2D eigenvalue weighted by atomic mass is 10.1. The number of thiophene rings is 1. The first-order valence-electron chi connectivity index (χ1n) is 9.31. The van der Waals surface area contributed by atoms with Crippen LogP contribution in [0.15, 0.2) is 58.1 Å². The summed E-state index contributed by atoms with van der Waals surface area (Å²) in [5.41, 5.74) is -0.467. The second kappa shape index (κ2) is 8.45. The number of fused-ring (bicyclic) bond motifs is 1. The Kier molecular flexibility index (Phi) is 5.68. The molecule has 162 valence electrons. The molecule has 1 amide bonds. The number of benzene rings is 2. The highest BCUT2D eigenvalue weighted by Gasteiger charge is 2.23. The van der Waals surface area contributed by atoms with Gasteiger partial charge in [-0.05, 0) is 24.3 Å². The number of halogens is 1. The van der Waals surface area contributed by atoms with Gasteiger partial charge in [-0.2, -0.15) is 0 Å². The molecule has 0 fully saturated rings. The van der Waals surface area contributed by atoms with Crippen molar-refractivity contribution in [2.75, 3.05) is 19.1 Å². The number of amides is 1. The number of carbonyl (C=O) groups is 2. The van der Waals surface area contributed by atoms with Gasteiger partial charge < -0.3 is 14.6 Å². The van der Waals surface area contributed by atoms with Crippen molar-refractivity contribution in [3.63, 3.8) is 0 Å². The van der Waals surface area contributed by atoms with Gasteiger partial charge in [0, 0.05) is 12.6 Å². The SMILES string of the molecule is COc1ccccc1N(C)C(=O)c1cc(-n2c(=O)[nH]c3cccc(C=O)c3c2=O)c(Cl)s1. The van der Waals surface area contributed by atoms with E-state index in [1.54, 1.807) is 37.4 Å². The van der Waals surface area contributed by atoms with Crippen molar-refractivity contribution in [1.82, 2.24) is 9.55 Å². The van der Waals surface area contributed by atoms with Gasteiger partial charge in [0.1, 0.15) is 10.1 Å². The summed E-state index contributed by atoms with van der Waals surface area (Å²) in [5.74, 6) is 0.112. The van der Waals surface area contributed by atoms with E-state index >= 15 is 0 Å². The van der Waals surface area contributed by atoms with Crippen LogP contribution in [0.5, 0.6) is 5.75 Å². The Bertz CT molecular complexity index is 1490. The minimum atomic E-state index is -0.734. The van der Waals surface area contributed by atoms with Crippen LogP contribution < -0.4 is 20.9 Å². The van der Waals surface area contributed by atoms with Gasteiger partial charge in [-0.15, -0.1) is 11.3 Å². The number of H-pyrrole nitrogens is 1. The molecule has 0 aliphatic heterocycles.